The van der Waals surface area contributed by atoms with E-state index in [1.807, 2.05) is 0 Å². The molecule has 7 heteroatoms. The Morgan fingerprint density at radius 2 is 1.84 bits per heavy atom. The fraction of sp³-hybridized carbons (Fsp3) is 0.0833. The number of rotatable bonds is 3. The van der Waals surface area contributed by atoms with E-state index in [1.54, 1.807) is 0 Å². The monoisotopic (exact) mass is 281 g/mol. The molecule has 0 aliphatic heterocycles. The van der Waals surface area contributed by atoms with E-state index in [2.05, 4.69) is 4.98 Å². The fourth-order valence-electron chi connectivity index (χ4n) is 1.58. The van der Waals surface area contributed by atoms with Crippen molar-refractivity contribution < 1.29 is 12.8 Å². The van der Waals surface area contributed by atoms with E-state index in [0.717, 1.165) is 10.4 Å². The van der Waals surface area contributed by atoms with Crippen LogP contribution in [0.2, 0.25) is 0 Å². The number of anilines is 2. The Morgan fingerprint density at radius 1 is 1.21 bits per heavy atom. The molecule has 0 amide bonds. The Hall–Kier alpha value is -2.15. The van der Waals surface area contributed by atoms with Gasteiger partial charge < -0.3 is 5.73 Å². The number of para-hydroxylation sites is 1. The van der Waals surface area contributed by atoms with Crippen LogP contribution in [0.1, 0.15) is 0 Å². The predicted octanol–water partition coefficient (Wildman–Crippen LogP) is 1.63. The molecule has 0 aliphatic carbocycles. The Kier molecular flexibility index (Phi) is 3.39. The summed E-state index contributed by atoms with van der Waals surface area (Å²) in [4.78, 5) is 3.55. The zero-order chi connectivity index (χ0) is 14.0. The minimum Gasteiger partial charge on any atom is -0.395 e. The van der Waals surface area contributed by atoms with Crippen molar-refractivity contribution in [3.8, 4) is 0 Å². The first kappa shape index (κ1) is 13.3. The van der Waals surface area contributed by atoms with E-state index < -0.39 is 15.8 Å². The standard InChI is InChI=1S/C12H12FN3O2S/c1-16(9-5-7-15-8-6-9)19(17,18)11-4-2-3-10(13)12(11)14/h2-8H,14H2,1H3. The lowest BCUT2D eigenvalue weighted by Gasteiger charge is -2.20. The van der Waals surface area contributed by atoms with Gasteiger partial charge in [-0.3, -0.25) is 9.29 Å². The number of halogens is 1. The molecule has 0 aliphatic rings. The van der Waals surface area contributed by atoms with E-state index in [9.17, 15) is 12.8 Å². The minimum absolute atomic E-state index is 0.258. The number of nitrogen functional groups attached to an aromatic ring is 1. The van der Waals surface area contributed by atoms with Crippen LogP contribution in [0.3, 0.4) is 0 Å². The molecule has 0 saturated carbocycles. The Bertz CT molecular complexity index is 689. The van der Waals surface area contributed by atoms with Gasteiger partial charge in [0, 0.05) is 19.4 Å². The molecule has 0 unspecified atom stereocenters. The molecule has 0 saturated heterocycles. The number of hydrogen-bond acceptors (Lipinski definition) is 4. The van der Waals surface area contributed by atoms with Gasteiger partial charge in [0.2, 0.25) is 0 Å². The predicted molar refractivity (Wildman–Crippen MR) is 70.6 cm³/mol. The highest BCUT2D eigenvalue weighted by atomic mass is 32.2. The second-order valence-corrected chi connectivity index (χ2v) is 5.77. The average Bonchev–Trinajstić information content (AvgIpc) is 2.41. The zero-order valence-corrected chi connectivity index (χ0v) is 10.9. The van der Waals surface area contributed by atoms with Gasteiger partial charge in [0.05, 0.1) is 11.4 Å². The number of hydrogen-bond donors (Lipinski definition) is 1. The van der Waals surface area contributed by atoms with E-state index in [0.29, 0.717) is 5.69 Å². The van der Waals surface area contributed by atoms with Gasteiger partial charge in [0.1, 0.15) is 10.7 Å². The van der Waals surface area contributed by atoms with Crippen LogP contribution in [0.15, 0.2) is 47.6 Å². The highest BCUT2D eigenvalue weighted by Gasteiger charge is 2.24. The normalized spacial score (nSPS) is 11.3. The zero-order valence-electron chi connectivity index (χ0n) is 10.1. The Labute approximate surface area is 110 Å². The van der Waals surface area contributed by atoms with E-state index in [4.69, 9.17) is 5.73 Å². The van der Waals surface area contributed by atoms with Gasteiger partial charge in [-0.25, -0.2) is 12.8 Å². The fourth-order valence-corrected chi connectivity index (χ4v) is 2.90. The molecule has 0 bridgehead atoms. The highest BCUT2D eigenvalue weighted by Crippen LogP contribution is 2.26. The third-order valence-electron chi connectivity index (χ3n) is 2.68. The van der Waals surface area contributed by atoms with Crippen LogP contribution in [0.25, 0.3) is 0 Å². The molecule has 0 spiro atoms. The molecule has 0 fully saturated rings. The van der Waals surface area contributed by atoms with Crippen LogP contribution < -0.4 is 10.0 Å². The van der Waals surface area contributed by atoms with Gasteiger partial charge in [0.15, 0.2) is 0 Å². The highest BCUT2D eigenvalue weighted by molar-refractivity contribution is 7.93. The Balaban J connectivity index is 2.52. The summed E-state index contributed by atoms with van der Waals surface area (Å²) >= 11 is 0. The maximum atomic E-state index is 13.4. The van der Waals surface area contributed by atoms with E-state index in [1.165, 1.54) is 43.7 Å². The van der Waals surface area contributed by atoms with Crippen molar-refractivity contribution in [2.75, 3.05) is 17.1 Å². The minimum atomic E-state index is -3.90. The summed E-state index contributed by atoms with van der Waals surface area (Å²) in [5.41, 5.74) is 5.52. The maximum absolute atomic E-state index is 13.4. The molecular weight excluding hydrogens is 269 g/mol. The number of nitrogens with zero attached hydrogens (tertiary/aromatic N) is 2. The van der Waals surface area contributed by atoms with Gasteiger partial charge in [0.25, 0.3) is 10.0 Å². The first-order chi connectivity index (χ1) is 8.94. The molecule has 0 atom stereocenters. The number of pyridine rings is 1. The van der Waals surface area contributed by atoms with Crippen LogP contribution in [0.4, 0.5) is 15.8 Å². The smallest absolute Gasteiger partial charge is 0.266 e. The van der Waals surface area contributed by atoms with Crippen molar-refractivity contribution in [3.63, 3.8) is 0 Å². The van der Waals surface area contributed by atoms with Crippen molar-refractivity contribution in [1.82, 2.24) is 4.98 Å². The molecule has 1 aromatic heterocycles. The third kappa shape index (κ3) is 2.37. The third-order valence-corrected chi connectivity index (χ3v) is 4.52. The second-order valence-electron chi connectivity index (χ2n) is 3.83. The van der Waals surface area contributed by atoms with Crippen molar-refractivity contribution in [3.05, 3.63) is 48.5 Å². The molecule has 1 heterocycles. The lowest BCUT2D eigenvalue weighted by atomic mass is 10.3. The second kappa shape index (κ2) is 4.85. The van der Waals surface area contributed by atoms with Gasteiger partial charge in [-0.05, 0) is 24.3 Å². The van der Waals surface area contributed by atoms with Gasteiger partial charge >= 0.3 is 0 Å². The van der Waals surface area contributed by atoms with Crippen molar-refractivity contribution in [2.45, 2.75) is 4.90 Å². The molecule has 19 heavy (non-hydrogen) atoms. The number of benzene rings is 1. The molecule has 2 N–H and O–H groups in total. The van der Waals surface area contributed by atoms with Crippen molar-refractivity contribution in [2.24, 2.45) is 0 Å². The summed E-state index contributed by atoms with van der Waals surface area (Å²) in [6.45, 7) is 0. The van der Waals surface area contributed by atoms with Crippen LogP contribution >= 0.6 is 0 Å². The molecule has 1 aromatic carbocycles. The first-order valence-corrected chi connectivity index (χ1v) is 6.81. The molecule has 100 valence electrons. The first-order valence-electron chi connectivity index (χ1n) is 5.37. The van der Waals surface area contributed by atoms with Gasteiger partial charge in [-0.15, -0.1) is 0 Å². The summed E-state index contributed by atoms with van der Waals surface area (Å²) in [6, 6.07) is 6.76. The van der Waals surface area contributed by atoms with E-state index >= 15 is 0 Å². The van der Waals surface area contributed by atoms with Crippen LogP contribution in [0, 0.1) is 5.82 Å². The summed E-state index contributed by atoms with van der Waals surface area (Å²) in [5, 5.41) is 0. The SMILES string of the molecule is CN(c1ccncc1)S(=O)(=O)c1cccc(F)c1N. The van der Waals surface area contributed by atoms with Crippen LogP contribution in [-0.4, -0.2) is 20.4 Å². The lowest BCUT2D eigenvalue weighted by Crippen LogP contribution is -2.27. The van der Waals surface area contributed by atoms with Crippen molar-refractivity contribution >= 4 is 21.4 Å². The summed E-state index contributed by atoms with van der Waals surface area (Å²) in [5.74, 6) is -0.760. The van der Waals surface area contributed by atoms with Crippen molar-refractivity contribution in [1.29, 1.82) is 0 Å². The summed E-state index contributed by atoms with van der Waals surface area (Å²) in [6.07, 6.45) is 2.94. The molecule has 5 nitrogen and oxygen atoms in total. The average molecular weight is 281 g/mol. The van der Waals surface area contributed by atoms with Gasteiger partial charge in [-0.2, -0.15) is 0 Å². The molecule has 2 rings (SSSR count). The molecule has 2 aromatic rings. The van der Waals surface area contributed by atoms with Crippen LogP contribution in [-0.2, 0) is 10.0 Å². The maximum Gasteiger partial charge on any atom is 0.266 e. The summed E-state index contributed by atoms with van der Waals surface area (Å²) in [7, 11) is -2.53. The number of aromatic nitrogens is 1. The largest absolute Gasteiger partial charge is 0.395 e. The molecular formula is C12H12FN3O2S. The van der Waals surface area contributed by atoms with Gasteiger partial charge in [-0.1, -0.05) is 6.07 Å². The van der Waals surface area contributed by atoms with E-state index in [-0.39, 0.29) is 10.6 Å². The lowest BCUT2D eigenvalue weighted by molar-refractivity contribution is 0.591. The quantitative estimate of drug-likeness (QED) is 0.867. The summed E-state index contributed by atoms with van der Waals surface area (Å²) < 4.78 is 39.1. The topological polar surface area (TPSA) is 76.3 Å². The molecule has 0 radical (unpaired) electrons. The Morgan fingerprint density at radius 3 is 2.47 bits per heavy atom. The van der Waals surface area contributed by atoms with Crippen LogP contribution in [0.5, 0.6) is 0 Å². The number of nitrogens with two attached hydrogens (primary N) is 1. The number of sulfonamides is 1.